The van der Waals surface area contributed by atoms with Crippen LogP contribution in [-0.2, 0) is 13.6 Å². The van der Waals surface area contributed by atoms with Crippen molar-refractivity contribution in [3.63, 3.8) is 0 Å². The minimum absolute atomic E-state index is 0.157. The first-order chi connectivity index (χ1) is 6.66. The Balaban J connectivity index is 3.93. The molecule has 92 valence electrons. The van der Waals surface area contributed by atoms with Crippen LogP contribution in [-0.4, -0.2) is 46.6 Å². The lowest BCUT2D eigenvalue weighted by Gasteiger charge is -2.20. The highest BCUT2D eigenvalue weighted by molar-refractivity contribution is 7.47. The fourth-order valence-corrected chi connectivity index (χ4v) is 1.45. The number of nitrogens with two attached hydrogens (primary N) is 1. The first-order valence-corrected chi connectivity index (χ1v) is 5.85. The van der Waals surface area contributed by atoms with Crippen LogP contribution < -0.4 is 5.73 Å². The summed E-state index contributed by atoms with van der Waals surface area (Å²) in [5, 5.41) is 17.3. The molecule has 0 aliphatic rings. The maximum absolute atomic E-state index is 11.1. The van der Waals surface area contributed by atoms with Gasteiger partial charge in [-0.15, -0.1) is 0 Å². The maximum Gasteiger partial charge on any atom is 0.472 e. The Labute approximate surface area is 88.4 Å². The van der Waals surface area contributed by atoms with Crippen molar-refractivity contribution in [3.8, 4) is 0 Å². The van der Waals surface area contributed by atoms with Crippen LogP contribution in [0.1, 0.15) is 13.8 Å². The highest BCUT2D eigenvalue weighted by Crippen LogP contribution is 2.43. The largest absolute Gasteiger partial charge is 0.472 e. The van der Waals surface area contributed by atoms with E-state index in [2.05, 4.69) is 9.05 Å². The number of aliphatic hydroxyl groups excluding tert-OH is 2. The molecule has 0 aliphatic heterocycles. The number of hydrogen-bond donors (Lipinski definition) is 4. The van der Waals surface area contributed by atoms with Crippen LogP contribution in [0.4, 0.5) is 0 Å². The molecule has 15 heavy (non-hydrogen) atoms. The number of phosphoric acid groups is 1. The van der Waals surface area contributed by atoms with Crippen molar-refractivity contribution >= 4 is 7.82 Å². The van der Waals surface area contributed by atoms with Crippen molar-refractivity contribution in [2.75, 3.05) is 19.8 Å². The molecule has 0 aromatic heterocycles. The molecule has 8 heteroatoms. The molecular formula is C7H18NO6P. The summed E-state index contributed by atoms with van der Waals surface area (Å²) in [6, 6.07) is 0. The summed E-state index contributed by atoms with van der Waals surface area (Å²) in [5.74, 6) is 0. The third kappa shape index (κ3) is 8.95. The predicted octanol–water partition coefficient (Wildman–Crippen LogP) is -0.790. The molecule has 0 saturated carbocycles. The fraction of sp³-hybridized carbons (Fsp3) is 1.00. The van der Waals surface area contributed by atoms with E-state index in [9.17, 15) is 4.57 Å². The minimum atomic E-state index is -4.21. The molecule has 0 amide bonds. The summed E-state index contributed by atoms with van der Waals surface area (Å²) in [7, 11) is -4.21. The minimum Gasteiger partial charge on any atom is -0.394 e. The molecule has 5 N–H and O–H groups in total. The van der Waals surface area contributed by atoms with Gasteiger partial charge in [0.1, 0.15) is 6.10 Å². The summed E-state index contributed by atoms with van der Waals surface area (Å²) in [6.07, 6.45) is -1.21. The summed E-state index contributed by atoms with van der Waals surface area (Å²) in [6.45, 7) is 2.05. The van der Waals surface area contributed by atoms with Crippen molar-refractivity contribution in [2.45, 2.75) is 25.5 Å². The van der Waals surface area contributed by atoms with Gasteiger partial charge in [0.15, 0.2) is 0 Å². The number of phosphoric ester groups is 1. The van der Waals surface area contributed by atoms with Gasteiger partial charge in [-0.1, -0.05) is 0 Å². The zero-order valence-corrected chi connectivity index (χ0v) is 9.68. The van der Waals surface area contributed by atoms with Crippen LogP contribution in [0.15, 0.2) is 0 Å². The fourth-order valence-electron chi connectivity index (χ4n) is 0.518. The van der Waals surface area contributed by atoms with Gasteiger partial charge < -0.3 is 20.8 Å². The molecule has 0 aliphatic carbocycles. The average Bonchev–Trinajstić information content (AvgIpc) is 2.10. The van der Waals surface area contributed by atoms with Gasteiger partial charge in [-0.25, -0.2) is 4.57 Å². The highest BCUT2D eigenvalue weighted by Gasteiger charge is 2.25. The van der Waals surface area contributed by atoms with Gasteiger partial charge in [-0.3, -0.25) is 9.05 Å². The molecule has 1 unspecified atom stereocenters. The van der Waals surface area contributed by atoms with Crippen LogP contribution in [0.25, 0.3) is 0 Å². The third-order valence-electron chi connectivity index (χ3n) is 1.24. The van der Waals surface area contributed by atoms with E-state index in [-0.39, 0.29) is 6.61 Å². The highest BCUT2D eigenvalue weighted by atomic mass is 31.2. The Morgan fingerprint density at radius 3 is 2.40 bits per heavy atom. The first-order valence-electron chi connectivity index (χ1n) is 4.36. The van der Waals surface area contributed by atoms with E-state index in [0.717, 1.165) is 0 Å². The Kier molecular flexibility index (Phi) is 5.90. The van der Waals surface area contributed by atoms with Gasteiger partial charge in [-0.2, -0.15) is 0 Å². The van der Waals surface area contributed by atoms with E-state index < -0.39 is 32.7 Å². The Bertz CT molecular complexity index is 228. The first kappa shape index (κ1) is 15.0. The smallest absolute Gasteiger partial charge is 0.394 e. The van der Waals surface area contributed by atoms with Crippen molar-refractivity contribution in [3.05, 3.63) is 0 Å². The maximum atomic E-state index is 11.1. The van der Waals surface area contributed by atoms with Gasteiger partial charge >= 0.3 is 7.82 Å². The molecule has 0 fully saturated rings. The molecular weight excluding hydrogens is 225 g/mol. The zero-order chi connectivity index (χ0) is 12.1. The van der Waals surface area contributed by atoms with E-state index >= 15 is 0 Å². The summed E-state index contributed by atoms with van der Waals surface area (Å²) in [4.78, 5) is 9.08. The molecule has 0 aromatic rings. The summed E-state index contributed by atoms with van der Waals surface area (Å²) in [5.41, 5.74) is 4.77. The molecule has 0 saturated heterocycles. The molecule has 0 radical (unpaired) electrons. The molecule has 7 nitrogen and oxygen atoms in total. The second-order valence-electron chi connectivity index (χ2n) is 3.86. The number of aliphatic hydroxyl groups is 2. The monoisotopic (exact) mass is 243 g/mol. The van der Waals surface area contributed by atoms with Gasteiger partial charge in [0.25, 0.3) is 0 Å². The van der Waals surface area contributed by atoms with Crippen LogP contribution in [0, 0.1) is 0 Å². The summed E-state index contributed by atoms with van der Waals surface area (Å²) < 4.78 is 20.1. The van der Waals surface area contributed by atoms with E-state index in [1.807, 2.05) is 0 Å². The lowest BCUT2D eigenvalue weighted by atomic mass is 10.1. The van der Waals surface area contributed by atoms with Crippen molar-refractivity contribution in [1.82, 2.24) is 0 Å². The SMILES string of the molecule is CC(C)(N)COP(=O)(O)OC[C@@H](O)CO. The normalized spacial score (nSPS) is 18.5. The average molecular weight is 243 g/mol. The lowest BCUT2D eigenvalue weighted by molar-refractivity contribution is 0.0340. The van der Waals surface area contributed by atoms with Crippen molar-refractivity contribution in [2.24, 2.45) is 5.73 Å². The third-order valence-corrected chi connectivity index (χ3v) is 2.17. The van der Waals surface area contributed by atoms with E-state index in [1.165, 1.54) is 0 Å². The molecule has 0 aromatic carbocycles. The number of hydrogen-bond acceptors (Lipinski definition) is 6. The Morgan fingerprint density at radius 2 is 2.00 bits per heavy atom. The molecule has 0 heterocycles. The molecule has 0 rings (SSSR count). The van der Waals surface area contributed by atoms with Crippen LogP contribution in [0.3, 0.4) is 0 Å². The van der Waals surface area contributed by atoms with Gasteiger partial charge in [0.05, 0.1) is 19.8 Å². The topological polar surface area (TPSA) is 122 Å². The Hall–Kier alpha value is -0.0100. The molecule has 0 bridgehead atoms. The van der Waals surface area contributed by atoms with Gasteiger partial charge in [0, 0.05) is 5.54 Å². The van der Waals surface area contributed by atoms with Gasteiger partial charge in [0.2, 0.25) is 0 Å². The van der Waals surface area contributed by atoms with E-state index in [1.54, 1.807) is 13.8 Å². The summed E-state index contributed by atoms with van der Waals surface area (Å²) >= 11 is 0. The molecule has 0 spiro atoms. The van der Waals surface area contributed by atoms with Gasteiger partial charge in [-0.05, 0) is 13.8 Å². The predicted molar refractivity (Wildman–Crippen MR) is 53.1 cm³/mol. The van der Waals surface area contributed by atoms with Crippen LogP contribution in [0.5, 0.6) is 0 Å². The Morgan fingerprint density at radius 1 is 1.47 bits per heavy atom. The zero-order valence-electron chi connectivity index (χ0n) is 8.79. The van der Waals surface area contributed by atoms with Crippen molar-refractivity contribution in [1.29, 1.82) is 0 Å². The standard InChI is InChI=1S/C7H18NO6P/c1-7(2,8)5-14-15(11,12)13-4-6(10)3-9/h6,9-10H,3-5,8H2,1-2H3,(H,11,12)/t6-/m0/s1. The lowest BCUT2D eigenvalue weighted by Crippen LogP contribution is -2.37. The van der Waals surface area contributed by atoms with Crippen molar-refractivity contribution < 1.29 is 28.7 Å². The van der Waals surface area contributed by atoms with Crippen LogP contribution in [0.2, 0.25) is 0 Å². The quantitative estimate of drug-likeness (QED) is 0.432. The van der Waals surface area contributed by atoms with E-state index in [0.29, 0.717) is 0 Å². The molecule has 2 atom stereocenters. The number of rotatable bonds is 7. The van der Waals surface area contributed by atoms with E-state index in [4.69, 9.17) is 20.8 Å². The second kappa shape index (κ2) is 5.91. The van der Waals surface area contributed by atoms with Crippen LogP contribution >= 0.6 is 7.82 Å². The second-order valence-corrected chi connectivity index (χ2v) is 5.32.